The van der Waals surface area contributed by atoms with Crippen LogP contribution in [0.2, 0.25) is 5.02 Å². The SMILES string of the molecule is C#CCOCC1(COCC#C)COC2(CCN(CC3=C(C(C)=O)C(c4ccc(F)cc4Cl)N=C(c4ccccn4)N3)CC2)OC1. The van der Waals surface area contributed by atoms with Crippen LogP contribution in [0.15, 0.2) is 58.9 Å². The van der Waals surface area contributed by atoms with E-state index < -0.39 is 23.1 Å². The molecule has 236 valence electrons. The van der Waals surface area contributed by atoms with Crippen molar-refractivity contribution in [3.8, 4) is 24.7 Å². The van der Waals surface area contributed by atoms with Crippen LogP contribution in [-0.4, -0.2) is 86.6 Å². The van der Waals surface area contributed by atoms with Gasteiger partial charge in [0.25, 0.3) is 0 Å². The number of aliphatic imine (C=N–C) groups is 1. The largest absolute Gasteiger partial charge is 0.368 e. The smallest absolute Gasteiger partial charge is 0.170 e. The van der Waals surface area contributed by atoms with Crippen LogP contribution in [-0.2, 0) is 23.7 Å². The molecule has 3 aliphatic rings. The Morgan fingerprint density at radius 3 is 2.40 bits per heavy atom. The maximum Gasteiger partial charge on any atom is 0.170 e. The highest BCUT2D eigenvalue weighted by molar-refractivity contribution is 6.31. The lowest BCUT2D eigenvalue weighted by molar-refractivity contribution is -0.327. The van der Waals surface area contributed by atoms with Crippen LogP contribution in [0.25, 0.3) is 0 Å². The molecule has 3 aliphatic heterocycles. The van der Waals surface area contributed by atoms with Crippen LogP contribution in [0.3, 0.4) is 0 Å². The Kier molecular flexibility index (Phi) is 10.7. The van der Waals surface area contributed by atoms with Crippen molar-refractivity contribution in [2.45, 2.75) is 31.6 Å². The molecule has 1 N–H and O–H groups in total. The first kappa shape index (κ1) is 32.8. The molecule has 0 radical (unpaired) electrons. The zero-order chi connectivity index (χ0) is 31.9. The number of aromatic nitrogens is 1. The number of likely N-dealkylation sites (tertiary alicyclic amines) is 1. The van der Waals surface area contributed by atoms with Gasteiger partial charge in [-0.15, -0.1) is 12.8 Å². The molecule has 1 unspecified atom stereocenters. The Labute approximate surface area is 268 Å². The number of carbonyl (C=O) groups excluding carboxylic acids is 1. The van der Waals surface area contributed by atoms with E-state index in [0.717, 1.165) is 0 Å². The molecule has 0 aliphatic carbocycles. The molecule has 0 amide bonds. The third-order valence-electron chi connectivity index (χ3n) is 8.14. The molecule has 2 aromatic rings. The van der Waals surface area contributed by atoms with Crippen molar-refractivity contribution in [3.05, 3.63) is 76.0 Å². The van der Waals surface area contributed by atoms with Gasteiger partial charge in [-0.25, -0.2) is 4.39 Å². The van der Waals surface area contributed by atoms with E-state index in [4.69, 9.17) is 48.4 Å². The molecular weight excluding hydrogens is 599 g/mol. The molecule has 1 aromatic heterocycles. The summed E-state index contributed by atoms with van der Waals surface area (Å²) in [6.07, 6.45) is 13.6. The molecule has 9 nitrogen and oxygen atoms in total. The Hall–Kier alpha value is -3.61. The summed E-state index contributed by atoms with van der Waals surface area (Å²) in [5.41, 5.74) is 1.81. The van der Waals surface area contributed by atoms with Crippen LogP contribution >= 0.6 is 11.6 Å². The standard InChI is InChI=1S/C34H36ClFN4O5/c1-4-16-42-20-33(21-43-17-5-2)22-44-34(45-23-33)11-14-40(15-12-34)19-29-30(24(3)41)31(26-10-9-25(36)18-27(26)35)39-32(38-29)28-8-6-7-13-37-28/h1-2,6-10,13,18,31H,11-12,14-17,19-23H2,3H3,(H,38,39). The molecule has 1 atom stereocenters. The van der Waals surface area contributed by atoms with Gasteiger partial charge in [0.1, 0.15) is 30.8 Å². The first-order valence-electron chi connectivity index (χ1n) is 14.7. The number of ether oxygens (including phenoxy) is 4. The first-order valence-corrected chi connectivity index (χ1v) is 15.1. The minimum Gasteiger partial charge on any atom is -0.368 e. The van der Waals surface area contributed by atoms with E-state index >= 15 is 0 Å². The summed E-state index contributed by atoms with van der Waals surface area (Å²) in [5, 5.41) is 3.57. The molecule has 5 rings (SSSR count). The van der Waals surface area contributed by atoms with Crippen molar-refractivity contribution >= 4 is 23.2 Å². The van der Waals surface area contributed by atoms with E-state index in [2.05, 4.69) is 27.0 Å². The summed E-state index contributed by atoms with van der Waals surface area (Å²) in [6, 6.07) is 8.92. The molecular formula is C34H36ClFN4O5. The zero-order valence-corrected chi connectivity index (χ0v) is 25.9. The fourth-order valence-electron chi connectivity index (χ4n) is 5.79. The van der Waals surface area contributed by atoms with E-state index in [-0.39, 0.29) is 24.0 Å². The van der Waals surface area contributed by atoms with Gasteiger partial charge in [0, 0.05) is 60.5 Å². The third kappa shape index (κ3) is 7.79. The summed E-state index contributed by atoms with van der Waals surface area (Å²) in [6.45, 7) is 5.05. The van der Waals surface area contributed by atoms with Crippen LogP contribution in [0, 0.1) is 35.9 Å². The van der Waals surface area contributed by atoms with Crippen LogP contribution in [0.4, 0.5) is 4.39 Å². The molecule has 45 heavy (non-hydrogen) atoms. The van der Waals surface area contributed by atoms with Gasteiger partial charge < -0.3 is 24.3 Å². The van der Waals surface area contributed by atoms with E-state index in [1.165, 1.54) is 19.1 Å². The zero-order valence-electron chi connectivity index (χ0n) is 25.2. The summed E-state index contributed by atoms with van der Waals surface area (Å²) < 4.78 is 38.0. The van der Waals surface area contributed by atoms with Gasteiger partial charge >= 0.3 is 0 Å². The molecule has 1 aromatic carbocycles. The molecule has 2 fully saturated rings. The number of nitrogens with one attached hydrogen (secondary N) is 1. The first-order chi connectivity index (χ1) is 21.8. The summed E-state index contributed by atoms with van der Waals surface area (Å²) >= 11 is 6.49. The Morgan fingerprint density at radius 2 is 1.82 bits per heavy atom. The van der Waals surface area contributed by atoms with E-state index in [1.807, 2.05) is 18.2 Å². The second-order valence-electron chi connectivity index (χ2n) is 11.5. The molecule has 11 heteroatoms. The van der Waals surface area contributed by atoms with E-state index in [0.29, 0.717) is 87.3 Å². The van der Waals surface area contributed by atoms with Gasteiger partial charge in [-0.1, -0.05) is 35.6 Å². The number of rotatable bonds is 11. The van der Waals surface area contributed by atoms with Gasteiger partial charge in [-0.05, 0) is 31.2 Å². The maximum absolute atomic E-state index is 14.0. The number of hydrogen-bond acceptors (Lipinski definition) is 9. The average molecular weight is 635 g/mol. The fourth-order valence-corrected chi connectivity index (χ4v) is 6.06. The number of Topliss-reactive ketones (excluding diaryl/α,β-unsaturated/α-hetero) is 1. The Balaban J connectivity index is 1.32. The molecule has 0 saturated carbocycles. The lowest BCUT2D eigenvalue weighted by atomic mass is 9.89. The monoisotopic (exact) mass is 634 g/mol. The second kappa shape index (κ2) is 14.7. The lowest BCUT2D eigenvalue weighted by Gasteiger charge is -2.49. The quantitative estimate of drug-likeness (QED) is 0.294. The Morgan fingerprint density at radius 1 is 1.13 bits per heavy atom. The third-order valence-corrected chi connectivity index (χ3v) is 8.47. The second-order valence-corrected chi connectivity index (χ2v) is 11.9. The number of piperidine rings is 1. The minimum atomic E-state index is -0.735. The van der Waals surface area contributed by atoms with Crippen molar-refractivity contribution in [2.75, 3.05) is 59.3 Å². The van der Waals surface area contributed by atoms with Crippen molar-refractivity contribution < 1.29 is 28.1 Å². The van der Waals surface area contributed by atoms with Crippen molar-refractivity contribution in [1.29, 1.82) is 0 Å². The molecule has 2 saturated heterocycles. The summed E-state index contributed by atoms with van der Waals surface area (Å²) in [7, 11) is 0. The van der Waals surface area contributed by atoms with Gasteiger partial charge in [-0.3, -0.25) is 19.7 Å². The predicted octanol–water partition coefficient (Wildman–Crippen LogP) is 3.93. The highest BCUT2D eigenvalue weighted by Crippen LogP contribution is 2.39. The number of halogens is 2. The maximum atomic E-state index is 14.0. The van der Waals surface area contributed by atoms with Crippen molar-refractivity contribution in [2.24, 2.45) is 10.4 Å². The van der Waals surface area contributed by atoms with E-state index in [1.54, 1.807) is 12.3 Å². The average Bonchev–Trinajstić information content (AvgIpc) is 3.04. The number of nitrogens with zero attached hydrogens (tertiary/aromatic N) is 3. The lowest BCUT2D eigenvalue weighted by Crippen LogP contribution is -2.57. The van der Waals surface area contributed by atoms with Crippen LogP contribution in [0.5, 0.6) is 0 Å². The highest BCUT2D eigenvalue weighted by Gasteiger charge is 2.47. The fraction of sp³-hybridized carbons (Fsp3) is 0.441. The van der Waals surface area contributed by atoms with Crippen LogP contribution in [0.1, 0.15) is 37.1 Å². The van der Waals surface area contributed by atoms with Gasteiger partial charge in [-0.2, -0.15) is 0 Å². The number of terminal acetylenes is 2. The topological polar surface area (TPSA) is 94.5 Å². The number of benzene rings is 1. The molecule has 1 spiro atoms. The minimum absolute atomic E-state index is 0.158. The molecule has 4 heterocycles. The van der Waals surface area contributed by atoms with Crippen molar-refractivity contribution in [3.63, 3.8) is 0 Å². The highest BCUT2D eigenvalue weighted by atomic mass is 35.5. The summed E-state index contributed by atoms with van der Waals surface area (Å²) in [4.78, 5) is 24.7. The van der Waals surface area contributed by atoms with Gasteiger partial charge in [0.05, 0.1) is 31.8 Å². The van der Waals surface area contributed by atoms with Crippen LogP contribution < -0.4 is 5.32 Å². The van der Waals surface area contributed by atoms with Crippen molar-refractivity contribution in [1.82, 2.24) is 15.2 Å². The number of hydrogen-bond donors (Lipinski definition) is 1. The normalized spacial score (nSPS) is 21.0. The summed E-state index contributed by atoms with van der Waals surface area (Å²) in [5.74, 6) is 4.11. The van der Waals surface area contributed by atoms with Gasteiger partial charge in [0.2, 0.25) is 0 Å². The number of ketones is 1. The predicted molar refractivity (Wildman–Crippen MR) is 168 cm³/mol. The van der Waals surface area contributed by atoms with Gasteiger partial charge in [0.15, 0.2) is 17.4 Å². The Bertz CT molecular complexity index is 1490. The van der Waals surface area contributed by atoms with E-state index in [9.17, 15) is 9.18 Å². The number of carbonyl (C=O) groups is 1. The number of amidine groups is 1. The molecule has 0 bridgehead atoms. The number of pyridine rings is 1.